The van der Waals surface area contributed by atoms with Crippen LogP contribution < -0.4 is 0 Å². The summed E-state index contributed by atoms with van der Waals surface area (Å²) in [6.45, 7) is 8.43. The Labute approximate surface area is 93.1 Å². The quantitative estimate of drug-likeness (QED) is 0.795. The minimum absolute atomic E-state index is 0.314. The van der Waals surface area contributed by atoms with Gasteiger partial charge in [-0.15, -0.1) is 0 Å². The molecule has 1 N–H and O–H groups in total. The molecule has 0 radical (unpaired) electrons. The summed E-state index contributed by atoms with van der Waals surface area (Å²) < 4.78 is 0. The Morgan fingerprint density at radius 2 is 1.93 bits per heavy atom. The van der Waals surface area contributed by atoms with Crippen LogP contribution >= 0.6 is 0 Å². The van der Waals surface area contributed by atoms with Crippen molar-refractivity contribution in [1.82, 2.24) is 0 Å². The lowest BCUT2D eigenvalue weighted by Gasteiger charge is -2.20. The van der Waals surface area contributed by atoms with Crippen molar-refractivity contribution in [3.63, 3.8) is 0 Å². The topological polar surface area (TPSA) is 20.2 Å². The molecule has 0 bridgehead atoms. The molecule has 0 aliphatic carbocycles. The van der Waals surface area contributed by atoms with Gasteiger partial charge >= 0.3 is 0 Å². The molecule has 0 aliphatic rings. The third kappa shape index (κ3) is 3.07. The number of aliphatic hydroxyl groups excluding tert-OH is 1. The van der Waals surface area contributed by atoms with Crippen LogP contribution in [0.2, 0.25) is 0 Å². The Bertz CT molecular complexity index is 317. The van der Waals surface area contributed by atoms with Gasteiger partial charge in [0.05, 0.1) is 6.10 Å². The smallest absolute Gasteiger partial charge is 0.0818 e. The maximum Gasteiger partial charge on any atom is 0.0818 e. The normalized spacial score (nSPS) is 15.0. The number of aryl methyl sites for hydroxylation is 2. The van der Waals surface area contributed by atoms with Gasteiger partial charge in [0.25, 0.3) is 0 Å². The van der Waals surface area contributed by atoms with Crippen LogP contribution in [0.4, 0.5) is 0 Å². The van der Waals surface area contributed by atoms with Crippen LogP contribution in [0, 0.1) is 19.8 Å². The Kier molecular flexibility index (Phi) is 4.34. The van der Waals surface area contributed by atoms with Gasteiger partial charge in [-0.25, -0.2) is 0 Å². The highest BCUT2D eigenvalue weighted by Crippen LogP contribution is 2.27. The molecule has 1 rings (SSSR count). The fraction of sp³-hybridized carbons (Fsp3) is 0.571. The van der Waals surface area contributed by atoms with Gasteiger partial charge < -0.3 is 5.11 Å². The second-order valence-electron chi connectivity index (χ2n) is 4.57. The first-order chi connectivity index (χ1) is 7.06. The molecule has 0 saturated carbocycles. The van der Waals surface area contributed by atoms with Crippen molar-refractivity contribution in [2.45, 2.75) is 46.6 Å². The highest BCUT2D eigenvalue weighted by molar-refractivity contribution is 5.32. The van der Waals surface area contributed by atoms with E-state index < -0.39 is 0 Å². The Balaban J connectivity index is 2.86. The average Bonchev–Trinajstić information content (AvgIpc) is 2.17. The van der Waals surface area contributed by atoms with Gasteiger partial charge in [-0.05, 0) is 37.3 Å². The van der Waals surface area contributed by atoms with Gasteiger partial charge in [-0.3, -0.25) is 0 Å². The Hall–Kier alpha value is -0.820. The molecule has 1 aromatic carbocycles. The molecule has 15 heavy (non-hydrogen) atoms. The molecule has 0 heterocycles. The van der Waals surface area contributed by atoms with E-state index in [9.17, 15) is 5.11 Å². The van der Waals surface area contributed by atoms with Crippen LogP contribution in [-0.2, 0) is 0 Å². The first-order valence-corrected chi connectivity index (χ1v) is 5.81. The van der Waals surface area contributed by atoms with E-state index in [1.807, 2.05) is 0 Å². The highest BCUT2D eigenvalue weighted by Gasteiger charge is 2.17. The zero-order chi connectivity index (χ0) is 11.4. The third-order valence-electron chi connectivity index (χ3n) is 3.03. The Morgan fingerprint density at radius 1 is 1.27 bits per heavy atom. The summed E-state index contributed by atoms with van der Waals surface area (Å²) in [6.07, 6.45) is 1.89. The van der Waals surface area contributed by atoms with Gasteiger partial charge in [0.1, 0.15) is 0 Å². The summed E-state index contributed by atoms with van der Waals surface area (Å²) in [4.78, 5) is 0. The van der Waals surface area contributed by atoms with E-state index in [-0.39, 0.29) is 6.10 Å². The summed E-state index contributed by atoms with van der Waals surface area (Å²) in [5.41, 5.74) is 3.54. The molecular weight excluding hydrogens is 184 g/mol. The van der Waals surface area contributed by atoms with Crippen molar-refractivity contribution in [3.05, 3.63) is 34.9 Å². The predicted octanol–water partition coefficient (Wildman–Crippen LogP) is 3.77. The minimum atomic E-state index is -0.314. The summed E-state index contributed by atoms with van der Waals surface area (Å²) in [6, 6.07) is 6.27. The number of rotatable bonds is 4. The van der Waals surface area contributed by atoms with E-state index in [0.717, 1.165) is 18.4 Å². The fourth-order valence-electron chi connectivity index (χ4n) is 2.08. The number of hydrogen-bond donors (Lipinski definition) is 1. The summed E-state index contributed by atoms with van der Waals surface area (Å²) in [5.74, 6) is 0.344. The molecule has 0 fully saturated rings. The van der Waals surface area contributed by atoms with Gasteiger partial charge in [-0.2, -0.15) is 0 Å². The average molecular weight is 206 g/mol. The van der Waals surface area contributed by atoms with Crippen molar-refractivity contribution in [2.75, 3.05) is 0 Å². The summed E-state index contributed by atoms with van der Waals surface area (Å²) in [7, 11) is 0. The van der Waals surface area contributed by atoms with Crippen LogP contribution in [0.15, 0.2) is 18.2 Å². The van der Waals surface area contributed by atoms with Crippen LogP contribution in [0.25, 0.3) is 0 Å². The molecule has 1 heteroatoms. The molecule has 84 valence electrons. The standard InChI is InChI=1S/C14H22O/c1-5-6-11(3)14(15)13-8-7-10(2)9-12(13)4/h7-9,11,14-15H,5-6H2,1-4H3. The van der Waals surface area contributed by atoms with E-state index in [0.29, 0.717) is 5.92 Å². The van der Waals surface area contributed by atoms with E-state index in [2.05, 4.69) is 45.9 Å². The summed E-state index contributed by atoms with van der Waals surface area (Å²) in [5, 5.41) is 10.2. The van der Waals surface area contributed by atoms with Crippen LogP contribution in [0.5, 0.6) is 0 Å². The SMILES string of the molecule is CCCC(C)C(O)c1ccc(C)cc1C. The lowest BCUT2D eigenvalue weighted by molar-refractivity contribution is 0.111. The van der Waals surface area contributed by atoms with Crippen LogP contribution in [-0.4, -0.2) is 5.11 Å². The lowest BCUT2D eigenvalue weighted by atomic mass is 9.90. The minimum Gasteiger partial charge on any atom is -0.388 e. The zero-order valence-corrected chi connectivity index (χ0v) is 10.2. The fourth-order valence-corrected chi connectivity index (χ4v) is 2.08. The number of hydrogen-bond acceptors (Lipinski definition) is 1. The maximum absolute atomic E-state index is 10.2. The van der Waals surface area contributed by atoms with Crippen molar-refractivity contribution in [2.24, 2.45) is 5.92 Å². The van der Waals surface area contributed by atoms with Gasteiger partial charge in [0.2, 0.25) is 0 Å². The molecule has 1 aromatic rings. The lowest BCUT2D eigenvalue weighted by Crippen LogP contribution is -2.10. The number of aliphatic hydroxyl groups is 1. The van der Waals surface area contributed by atoms with Crippen LogP contribution in [0.3, 0.4) is 0 Å². The molecule has 0 aromatic heterocycles. The van der Waals surface area contributed by atoms with Crippen molar-refractivity contribution >= 4 is 0 Å². The van der Waals surface area contributed by atoms with Crippen molar-refractivity contribution in [1.29, 1.82) is 0 Å². The van der Waals surface area contributed by atoms with Gasteiger partial charge in [0, 0.05) is 0 Å². The van der Waals surface area contributed by atoms with E-state index in [1.54, 1.807) is 0 Å². The first kappa shape index (κ1) is 12.3. The number of benzene rings is 1. The molecule has 0 saturated heterocycles. The monoisotopic (exact) mass is 206 g/mol. The first-order valence-electron chi connectivity index (χ1n) is 5.81. The molecule has 0 amide bonds. The van der Waals surface area contributed by atoms with Gasteiger partial charge in [-0.1, -0.05) is 44.0 Å². The van der Waals surface area contributed by atoms with Crippen molar-refractivity contribution in [3.8, 4) is 0 Å². The van der Waals surface area contributed by atoms with Crippen molar-refractivity contribution < 1.29 is 5.11 Å². The van der Waals surface area contributed by atoms with E-state index in [4.69, 9.17) is 0 Å². The second-order valence-corrected chi connectivity index (χ2v) is 4.57. The molecule has 0 aliphatic heterocycles. The molecular formula is C14H22O. The Morgan fingerprint density at radius 3 is 2.47 bits per heavy atom. The largest absolute Gasteiger partial charge is 0.388 e. The van der Waals surface area contributed by atoms with E-state index >= 15 is 0 Å². The van der Waals surface area contributed by atoms with Gasteiger partial charge in [0.15, 0.2) is 0 Å². The highest BCUT2D eigenvalue weighted by atomic mass is 16.3. The maximum atomic E-state index is 10.2. The van der Waals surface area contributed by atoms with E-state index in [1.165, 1.54) is 11.1 Å². The predicted molar refractivity (Wildman–Crippen MR) is 64.9 cm³/mol. The van der Waals surface area contributed by atoms with Crippen LogP contribution in [0.1, 0.15) is 49.5 Å². The zero-order valence-electron chi connectivity index (χ0n) is 10.2. The molecule has 0 spiro atoms. The summed E-state index contributed by atoms with van der Waals surface area (Å²) >= 11 is 0. The molecule has 2 unspecified atom stereocenters. The third-order valence-corrected chi connectivity index (χ3v) is 3.03. The second kappa shape index (κ2) is 5.32. The molecule has 2 atom stereocenters. The molecule has 1 nitrogen and oxygen atoms in total.